The molecule has 0 unspecified atom stereocenters. The van der Waals surface area contributed by atoms with Crippen LogP contribution in [0.15, 0.2) is 12.1 Å². The van der Waals surface area contributed by atoms with E-state index in [0.29, 0.717) is 30.1 Å². The third-order valence-electron chi connectivity index (χ3n) is 9.54. The highest BCUT2D eigenvalue weighted by Crippen LogP contribution is 2.33. The summed E-state index contributed by atoms with van der Waals surface area (Å²) in [7, 11) is 0. The lowest BCUT2D eigenvalue weighted by Crippen LogP contribution is -2.35. The Bertz CT molecular complexity index is 1340. The van der Waals surface area contributed by atoms with Crippen LogP contribution in [0.3, 0.4) is 0 Å². The maximum Gasteiger partial charge on any atom is 0.311 e. The Kier molecular flexibility index (Phi) is 11.4. The van der Waals surface area contributed by atoms with Crippen molar-refractivity contribution in [3.63, 3.8) is 0 Å². The van der Waals surface area contributed by atoms with Gasteiger partial charge in [0.25, 0.3) is 0 Å². The molecule has 0 amide bonds. The zero-order chi connectivity index (χ0) is 32.7. The maximum absolute atomic E-state index is 13.2. The van der Waals surface area contributed by atoms with E-state index in [1.54, 1.807) is 0 Å². The molecule has 0 aromatic carbocycles. The Labute approximate surface area is 274 Å². The number of carbonyl (C=O) groups is 2. The second-order valence-electron chi connectivity index (χ2n) is 14.4. The molecule has 0 spiro atoms. The SMILES string of the molecule is Cc1nc(NC[C@H](CC(=O)OCCC2CCCCC2)C(=O)OC(C)(C)C)c(C)c(N2CCC(c3ccc4c(n3)NCCC4)CC2)n1. The van der Waals surface area contributed by atoms with E-state index in [2.05, 4.69) is 32.7 Å². The molecule has 5 rings (SSSR count). The number of anilines is 3. The van der Waals surface area contributed by atoms with Crippen molar-refractivity contribution in [3.8, 4) is 0 Å². The first-order valence-electron chi connectivity index (χ1n) is 17.5. The molecule has 252 valence electrons. The third kappa shape index (κ3) is 9.32. The molecule has 2 aromatic heterocycles. The number of pyridine rings is 1. The number of hydrogen-bond acceptors (Lipinski definition) is 10. The van der Waals surface area contributed by atoms with Crippen molar-refractivity contribution in [2.24, 2.45) is 11.8 Å². The van der Waals surface area contributed by atoms with Gasteiger partial charge in [-0.3, -0.25) is 9.59 Å². The van der Waals surface area contributed by atoms with E-state index < -0.39 is 17.5 Å². The maximum atomic E-state index is 13.2. The van der Waals surface area contributed by atoms with Crippen LogP contribution in [0.4, 0.5) is 17.5 Å². The molecule has 3 aliphatic rings. The van der Waals surface area contributed by atoms with Crippen molar-refractivity contribution in [3.05, 3.63) is 34.8 Å². The predicted octanol–water partition coefficient (Wildman–Crippen LogP) is 6.50. The number of piperidine rings is 1. The van der Waals surface area contributed by atoms with Crippen LogP contribution in [0.5, 0.6) is 0 Å². The number of nitrogens with zero attached hydrogens (tertiary/aromatic N) is 4. The molecule has 0 radical (unpaired) electrons. The summed E-state index contributed by atoms with van der Waals surface area (Å²) in [6, 6.07) is 4.45. The van der Waals surface area contributed by atoms with Crippen LogP contribution in [0.25, 0.3) is 0 Å². The molecule has 0 bridgehead atoms. The molecular formula is C36H54N6O4. The summed E-state index contributed by atoms with van der Waals surface area (Å²) in [4.78, 5) is 42.9. The Morgan fingerprint density at radius 2 is 1.78 bits per heavy atom. The summed E-state index contributed by atoms with van der Waals surface area (Å²) in [6.07, 6.45) is 11.4. The van der Waals surface area contributed by atoms with Gasteiger partial charge in [0.15, 0.2) is 0 Å². The lowest BCUT2D eigenvalue weighted by molar-refractivity contribution is -0.163. The van der Waals surface area contributed by atoms with Gasteiger partial charge in [0.1, 0.15) is 28.9 Å². The minimum Gasteiger partial charge on any atom is -0.466 e. The number of hydrogen-bond donors (Lipinski definition) is 2. The summed E-state index contributed by atoms with van der Waals surface area (Å²) in [5, 5.41) is 6.84. The highest BCUT2D eigenvalue weighted by molar-refractivity contribution is 5.81. The molecule has 2 fully saturated rings. The van der Waals surface area contributed by atoms with Crippen molar-refractivity contribution in [2.75, 3.05) is 48.3 Å². The van der Waals surface area contributed by atoms with Gasteiger partial charge in [0, 0.05) is 43.4 Å². The molecule has 4 heterocycles. The molecule has 2 aromatic rings. The average molecular weight is 635 g/mol. The van der Waals surface area contributed by atoms with Crippen LogP contribution in [0.2, 0.25) is 0 Å². The van der Waals surface area contributed by atoms with Gasteiger partial charge in [-0.25, -0.2) is 15.0 Å². The van der Waals surface area contributed by atoms with Crippen molar-refractivity contribution in [1.82, 2.24) is 15.0 Å². The standard InChI is InChI=1S/C36H54N6O4/c1-24-32(38-23-29(35(44)46-36(3,4)5)22-31(43)45-21-17-26-10-7-6-8-11-26)39-25(2)40-34(24)42-19-15-27(16-20-42)30-14-13-28-12-9-18-37-33(28)41-30/h13-14,26-27,29H,6-12,15-23H2,1-5H3,(H,37,41)(H,38,39,40)/t29-/m0/s1. The minimum atomic E-state index is -0.700. The Morgan fingerprint density at radius 3 is 2.52 bits per heavy atom. The van der Waals surface area contributed by atoms with Crippen molar-refractivity contribution < 1.29 is 19.1 Å². The number of esters is 2. The van der Waals surface area contributed by atoms with Gasteiger partial charge in [-0.1, -0.05) is 38.2 Å². The predicted molar refractivity (Wildman–Crippen MR) is 181 cm³/mol. The van der Waals surface area contributed by atoms with E-state index in [0.717, 1.165) is 68.9 Å². The normalized spacial score (nSPS) is 18.3. The summed E-state index contributed by atoms with van der Waals surface area (Å²) < 4.78 is 11.3. The van der Waals surface area contributed by atoms with Gasteiger partial charge in [0.2, 0.25) is 0 Å². The van der Waals surface area contributed by atoms with Gasteiger partial charge in [-0.15, -0.1) is 0 Å². The van der Waals surface area contributed by atoms with E-state index >= 15 is 0 Å². The lowest BCUT2D eigenvalue weighted by Gasteiger charge is -2.34. The Morgan fingerprint density at radius 1 is 1.02 bits per heavy atom. The van der Waals surface area contributed by atoms with Crippen LogP contribution >= 0.6 is 0 Å². The second kappa shape index (κ2) is 15.4. The van der Waals surface area contributed by atoms with E-state index in [-0.39, 0.29) is 18.9 Å². The fraction of sp³-hybridized carbons (Fsp3) is 0.694. The van der Waals surface area contributed by atoms with Crippen LogP contribution in [-0.4, -0.2) is 65.3 Å². The monoisotopic (exact) mass is 634 g/mol. The van der Waals surface area contributed by atoms with Crippen molar-refractivity contribution in [1.29, 1.82) is 0 Å². The molecule has 1 saturated carbocycles. The highest BCUT2D eigenvalue weighted by Gasteiger charge is 2.30. The number of nitrogens with one attached hydrogen (secondary N) is 2. The first kappa shape index (κ1) is 33.9. The van der Waals surface area contributed by atoms with Gasteiger partial charge in [-0.05, 0) is 84.3 Å². The van der Waals surface area contributed by atoms with Crippen LogP contribution < -0.4 is 15.5 Å². The summed E-state index contributed by atoms with van der Waals surface area (Å²) in [5.74, 6) is 2.86. The van der Waals surface area contributed by atoms with Crippen molar-refractivity contribution >= 4 is 29.4 Å². The fourth-order valence-corrected chi connectivity index (χ4v) is 6.97. The van der Waals surface area contributed by atoms with Crippen LogP contribution in [0.1, 0.15) is 114 Å². The van der Waals surface area contributed by atoms with Gasteiger partial charge >= 0.3 is 11.9 Å². The fourth-order valence-electron chi connectivity index (χ4n) is 6.97. The van der Waals surface area contributed by atoms with E-state index in [1.807, 2.05) is 34.6 Å². The molecule has 10 nitrogen and oxygen atoms in total. The smallest absolute Gasteiger partial charge is 0.311 e. The quantitative estimate of drug-likeness (QED) is 0.265. The number of aryl methyl sites for hydroxylation is 2. The van der Waals surface area contributed by atoms with Gasteiger partial charge in [-0.2, -0.15) is 0 Å². The van der Waals surface area contributed by atoms with E-state index in [1.165, 1.54) is 43.4 Å². The van der Waals surface area contributed by atoms with Crippen LogP contribution in [0, 0.1) is 25.7 Å². The highest BCUT2D eigenvalue weighted by atomic mass is 16.6. The lowest BCUT2D eigenvalue weighted by atomic mass is 9.87. The van der Waals surface area contributed by atoms with E-state index in [4.69, 9.17) is 19.4 Å². The number of ether oxygens (including phenoxy) is 2. The number of fused-ring (bicyclic) bond motifs is 1. The average Bonchev–Trinajstić information content (AvgIpc) is 3.04. The molecule has 2 N–H and O–H groups in total. The second-order valence-corrected chi connectivity index (χ2v) is 14.4. The number of rotatable bonds is 11. The third-order valence-corrected chi connectivity index (χ3v) is 9.54. The molecular weight excluding hydrogens is 580 g/mol. The Balaban J connectivity index is 1.20. The summed E-state index contributed by atoms with van der Waals surface area (Å²) in [6.45, 7) is 12.8. The minimum absolute atomic E-state index is 0.0394. The molecule has 1 atom stereocenters. The van der Waals surface area contributed by atoms with Gasteiger partial charge in [0.05, 0.1) is 18.9 Å². The molecule has 2 aliphatic heterocycles. The van der Waals surface area contributed by atoms with Gasteiger partial charge < -0.3 is 25.0 Å². The molecule has 1 aliphatic carbocycles. The topological polar surface area (TPSA) is 119 Å². The molecule has 1 saturated heterocycles. The molecule has 10 heteroatoms. The molecule has 46 heavy (non-hydrogen) atoms. The zero-order valence-electron chi connectivity index (χ0n) is 28.6. The number of aromatic nitrogens is 3. The summed E-state index contributed by atoms with van der Waals surface area (Å²) >= 11 is 0. The van der Waals surface area contributed by atoms with Crippen molar-refractivity contribution in [2.45, 2.75) is 117 Å². The Hall–Kier alpha value is -3.43. The zero-order valence-corrected chi connectivity index (χ0v) is 28.6. The first-order valence-corrected chi connectivity index (χ1v) is 17.5. The summed E-state index contributed by atoms with van der Waals surface area (Å²) in [5.41, 5.74) is 2.76. The number of carbonyl (C=O) groups excluding carboxylic acids is 2. The largest absolute Gasteiger partial charge is 0.466 e. The first-order chi connectivity index (χ1) is 22.1. The van der Waals surface area contributed by atoms with E-state index in [9.17, 15) is 9.59 Å². The van der Waals surface area contributed by atoms with Crippen LogP contribution in [-0.2, 0) is 25.5 Å².